The Kier molecular flexibility index (Phi) is 4.96. The third-order valence-corrected chi connectivity index (χ3v) is 5.20. The van der Waals surface area contributed by atoms with Gasteiger partial charge in [0.15, 0.2) is 11.5 Å². The highest BCUT2D eigenvalue weighted by atomic mass is 32.2. The summed E-state index contributed by atoms with van der Waals surface area (Å²) in [5, 5.41) is 0.886. The van der Waals surface area contributed by atoms with Crippen molar-refractivity contribution in [2.45, 2.75) is 12.8 Å². The number of rotatable bonds is 7. The standard InChI is InChI=1S/C16H21N3O5S/c1-23-14-6-12-13(7-15(14)24-2)17-10-18-16(12)19-8-11(9-19)4-3-5-25(20,21)22/h6-7,10-11H,3-5,8-9H2,1-2H3,(H,20,21,22). The zero-order valence-corrected chi connectivity index (χ0v) is 15.0. The van der Waals surface area contributed by atoms with Gasteiger partial charge in [-0.25, -0.2) is 9.97 Å². The summed E-state index contributed by atoms with van der Waals surface area (Å²) in [4.78, 5) is 10.8. The minimum Gasteiger partial charge on any atom is -0.493 e. The van der Waals surface area contributed by atoms with E-state index in [1.165, 1.54) is 6.33 Å². The molecule has 1 saturated heterocycles. The van der Waals surface area contributed by atoms with Crippen molar-refractivity contribution >= 4 is 26.8 Å². The van der Waals surface area contributed by atoms with Crippen molar-refractivity contribution in [3.05, 3.63) is 18.5 Å². The van der Waals surface area contributed by atoms with Crippen LogP contribution in [-0.2, 0) is 10.1 Å². The number of fused-ring (bicyclic) bond motifs is 1. The van der Waals surface area contributed by atoms with E-state index in [0.29, 0.717) is 23.8 Å². The molecule has 1 aromatic heterocycles. The Morgan fingerprint density at radius 2 is 1.88 bits per heavy atom. The molecule has 0 radical (unpaired) electrons. The molecule has 0 bridgehead atoms. The van der Waals surface area contributed by atoms with Gasteiger partial charge in [0.2, 0.25) is 0 Å². The van der Waals surface area contributed by atoms with Crippen LogP contribution in [0.4, 0.5) is 5.82 Å². The predicted molar refractivity (Wildman–Crippen MR) is 94.0 cm³/mol. The van der Waals surface area contributed by atoms with Gasteiger partial charge in [0, 0.05) is 24.5 Å². The van der Waals surface area contributed by atoms with E-state index < -0.39 is 10.1 Å². The van der Waals surface area contributed by atoms with E-state index in [1.54, 1.807) is 14.2 Å². The minimum atomic E-state index is -3.87. The summed E-state index contributed by atoms with van der Waals surface area (Å²) < 4.78 is 41.0. The summed E-state index contributed by atoms with van der Waals surface area (Å²) in [5.41, 5.74) is 0.775. The number of nitrogens with zero attached hydrogens (tertiary/aromatic N) is 3. The molecule has 0 unspecified atom stereocenters. The molecule has 9 heteroatoms. The van der Waals surface area contributed by atoms with Crippen molar-refractivity contribution in [2.24, 2.45) is 5.92 Å². The van der Waals surface area contributed by atoms with Crippen LogP contribution in [0.15, 0.2) is 18.5 Å². The Hall–Kier alpha value is -2.13. The highest BCUT2D eigenvalue weighted by Crippen LogP contribution is 2.36. The molecule has 1 fully saturated rings. The van der Waals surface area contributed by atoms with Gasteiger partial charge in [-0.05, 0) is 24.8 Å². The molecule has 1 aliphatic rings. The summed E-state index contributed by atoms with van der Waals surface area (Å²) in [6.45, 7) is 1.60. The van der Waals surface area contributed by atoms with Gasteiger partial charge in [-0.15, -0.1) is 0 Å². The smallest absolute Gasteiger partial charge is 0.264 e. The van der Waals surface area contributed by atoms with Crippen LogP contribution in [0.25, 0.3) is 10.9 Å². The van der Waals surface area contributed by atoms with Crippen LogP contribution in [0.5, 0.6) is 11.5 Å². The lowest BCUT2D eigenvalue weighted by atomic mass is 9.94. The van der Waals surface area contributed by atoms with Crippen LogP contribution in [0, 0.1) is 5.92 Å². The van der Waals surface area contributed by atoms with Crippen LogP contribution in [0.3, 0.4) is 0 Å². The summed E-state index contributed by atoms with van der Waals surface area (Å²) >= 11 is 0. The van der Waals surface area contributed by atoms with Gasteiger partial charge in [0.05, 0.1) is 25.5 Å². The number of hydrogen-bond donors (Lipinski definition) is 1. The maximum Gasteiger partial charge on any atom is 0.264 e. The van der Waals surface area contributed by atoms with E-state index in [1.807, 2.05) is 12.1 Å². The van der Waals surface area contributed by atoms with E-state index >= 15 is 0 Å². The summed E-state index contributed by atoms with van der Waals surface area (Å²) in [6, 6.07) is 3.69. The van der Waals surface area contributed by atoms with Gasteiger partial charge in [0.25, 0.3) is 10.1 Å². The maximum absolute atomic E-state index is 10.8. The van der Waals surface area contributed by atoms with Gasteiger partial charge < -0.3 is 14.4 Å². The van der Waals surface area contributed by atoms with Crippen molar-refractivity contribution in [1.82, 2.24) is 9.97 Å². The third kappa shape index (κ3) is 3.93. The van der Waals surface area contributed by atoms with Gasteiger partial charge in [-0.3, -0.25) is 4.55 Å². The molecule has 0 aliphatic carbocycles. The highest BCUT2D eigenvalue weighted by Gasteiger charge is 2.29. The van der Waals surface area contributed by atoms with Gasteiger partial charge in [-0.1, -0.05) is 0 Å². The molecule has 2 aromatic rings. The molecule has 0 atom stereocenters. The minimum absolute atomic E-state index is 0.184. The molecule has 1 aromatic carbocycles. The largest absolute Gasteiger partial charge is 0.493 e. The normalized spacial score (nSPS) is 15.2. The summed E-state index contributed by atoms with van der Waals surface area (Å²) in [7, 11) is -0.706. The predicted octanol–water partition coefficient (Wildman–Crippen LogP) is 1.75. The van der Waals surface area contributed by atoms with Crippen molar-refractivity contribution in [1.29, 1.82) is 0 Å². The first kappa shape index (κ1) is 17.7. The Labute approximate surface area is 146 Å². The van der Waals surface area contributed by atoms with Crippen LogP contribution in [0.1, 0.15) is 12.8 Å². The molecule has 0 spiro atoms. The van der Waals surface area contributed by atoms with Crippen LogP contribution in [-0.4, -0.2) is 56.0 Å². The second-order valence-corrected chi connectivity index (χ2v) is 7.69. The Balaban J connectivity index is 1.73. The first-order valence-corrected chi connectivity index (χ1v) is 9.59. The van der Waals surface area contributed by atoms with Crippen LogP contribution in [0.2, 0.25) is 0 Å². The van der Waals surface area contributed by atoms with E-state index in [4.69, 9.17) is 14.0 Å². The number of methoxy groups -OCH3 is 2. The van der Waals surface area contributed by atoms with Crippen molar-refractivity contribution < 1.29 is 22.4 Å². The third-order valence-electron chi connectivity index (χ3n) is 4.39. The van der Waals surface area contributed by atoms with Gasteiger partial charge in [0.1, 0.15) is 12.1 Å². The van der Waals surface area contributed by atoms with Crippen LogP contribution >= 0.6 is 0 Å². The second kappa shape index (κ2) is 7.01. The fourth-order valence-corrected chi connectivity index (χ4v) is 3.63. The number of ether oxygens (including phenoxy) is 2. The van der Waals surface area contributed by atoms with Gasteiger partial charge >= 0.3 is 0 Å². The molecule has 1 aliphatic heterocycles. The molecule has 8 nitrogen and oxygen atoms in total. The molecule has 2 heterocycles. The zero-order valence-electron chi connectivity index (χ0n) is 14.2. The summed E-state index contributed by atoms with van der Waals surface area (Å²) in [5.74, 6) is 2.28. The lowest BCUT2D eigenvalue weighted by molar-refractivity contribution is 0.355. The second-order valence-electron chi connectivity index (χ2n) is 6.12. The monoisotopic (exact) mass is 367 g/mol. The molecule has 0 saturated carbocycles. The molecule has 25 heavy (non-hydrogen) atoms. The lowest BCUT2D eigenvalue weighted by Gasteiger charge is -2.40. The zero-order chi connectivity index (χ0) is 18.0. The average molecular weight is 367 g/mol. The molecular formula is C16H21N3O5S. The fraction of sp³-hybridized carbons (Fsp3) is 0.500. The highest BCUT2D eigenvalue weighted by molar-refractivity contribution is 7.85. The first-order chi connectivity index (χ1) is 11.9. The fourth-order valence-electron chi connectivity index (χ4n) is 3.10. The van der Waals surface area contributed by atoms with E-state index in [2.05, 4.69) is 14.9 Å². The van der Waals surface area contributed by atoms with Crippen molar-refractivity contribution in [3.8, 4) is 11.5 Å². The number of aromatic nitrogens is 2. The molecule has 0 amide bonds. The van der Waals surface area contributed by atoms with Gasteiger partial charge in [-0.2, -0.15) is 8.42 Å². The molecule has 136 valence electrons. The van der Waals surface area contributed by atoms with E-state index in [0.717, 1.165) is 36.2 Å². The molecule has 3 rings (SSSR count). The first-order valence-electron chi connectivity index (χ1n) is 7.98. The van der Waals surface area contributed by atoms with Crippen molar-refractivity contribution in [3.63, 3.8) is 0 Å². The number of anilines is 1. The lowest BCUT2D eigenvalue weighted by Crippen LogP contribution is -2.47. The van der Waals surface area contributed by atoms with E-state index in [-0.39, 0.29) is 5.75 Å². The molecular weight excluding hydrogens is 346 g/mol. The maximum atomic E-state index is 10.8. The Morgan fingerprint density at radius 3 is 2.52 bits per heavy atom. The van der Waals surface area contributed by atoms with Crippen LogP contribution < -0.4 is 14.4 Å². The summed E-state index contributed by atoms with van der Waals surface area (Å²) in [6.07, 6.45) is 2.75. The SMILES string of the molecule is COc1cc2ncnc(N3CC(CCCS(=O)(=O)O)C3)c2cc1OC. The Morgan fingerprint density at radius 1 is 1.20 bits per heavy atom. The van der Waals surface area contributed by atoms with E-state index in [9.17, 15) is 8.42 Å². The number of benzene rings is 1. The molecule has 1 N–H and O–H groups in total. The average Bonchev–Trinajstić information content (AvgIpc) is 2.54. The number of hydrogen-bond acceptors (Lipinski definition) is 7. The topological polar surface area (TPSA) is 102 Å². The Bertz CT molecular complexity index is 865. The quantitative estimate of drug-likeness (QED) is 0.739. The van der Waals surface area contributed by atoms with Crippen molar-refractivity contribution in [2.75, 3.05) is 38.0 Å².